The highest BCUT2D eigenvalue weighted by atomic mass is 16.3. The zero-order chi connectivity index (χ0) is 18.5. The summed E-state index contributed by atoms with van der Waals surface area (Å²) in [6.07, 6.45) is 7.03. The molecule has 0 spiro atoms. The van der Waals surface area contributed by atoms with Gasteiger partial charge in [-0.05, 0) is 24.2 Å². The minimum absolute atomic E-state index is 0.118. The number of anilines is 1. The maximum atomic E-state index is 12.5. The summed E-state index contributed by atoms with van der Waals surface area (Å²) in [4.78, 5) is 20.9. The van der Waals surface area contributed by atoms with E-state index in [0.29, 0.717) is 23.5 Å². The summed E-state index contributed by atoms with van der Waals surface area (Å²) >= 11 is 0. The Morgan fingerprint density at radius 1 is 1.42 bits per heavy atom. The summed E-state index contributed by atoms with van der Waals surface area (Å²) in [5.41, 5.74) is 1.98. The second-order valence-electron chi connectivity index (χ2n) is 8.19. The molecule has 0 aliphatic heterocycles. The van der Waals surface area contributed by atoms with Crippen LogP contribution < -0.4 is 10.6 Å². The number of rotatable bonds is 4. The molecule has 0 radical (unpaired) electrons. The molecule has 1 saturated carbocycles. The Morgan fingerprint density at radius 2 is 2.23 bits per heavy atom. The molecule has 1 fully saturated rings. The van der Waals surface area contributed by atoms with Gasteiger partial charge >= 0.3 is 6.03 Å². The first-order valence-corrected chi connectivity index (χ1v) is 8.95. The lowest BCUT2D eigenvalue weighted by molar-refractivity contribution is 0.162. The third-order valence-corrected chi connectivity index (χ3v) is 5.30. The average Bonchev–Trinajstić information content (AvgIpc) is 3.13. The summed E-state index contributed by atoms with van der Waals surface area (Å²) < 4.78 is 1.81. The third kappa shape index (κ3) is 2.94. The number of urea groups is 1. The lowest BCUT2D eigenvalue weighted by Gasteiger charge is -2.29. The molecule has 2 amide bonds. The van der Waals surface area contributed by atoms with Gasteiger partial charge < -0.3 is 10.4 Å². The molecule has 3 N–H and O–H groups in total. The van der Waals surface area contributed by atoms with Crippen molar-refractivity contribution in [1.82, 2.24) is 25.1 Å². The molecular weight excluding hydrogens is 332 g/mol. The summed E-state index contributed by atoms with van der Waals surface area (Å²) in [5, 5.41) is 19.9. The lowest BCUT2D eigenvalue weighted by atomic mass is 9.87. The number of carbonyl (C=O) groups excluding carboxylic acids is 1. The van der Waals surface area contributed by atoms with Gasteiger partial charge in [-0.1, -0.05) is 20.8 Å². The van der Waals surface area contributed by atoms with Crippen molar-refractivity contribution in [3.05, 3.63) is 29.8 Å². The smallest absolute Gasteiger partial charge is 0.320 e. The Bertz CT molecular complexity index is 826. The van der Waals surface area contributed by atoms with Crippen molar-refractivity contribution in [2.75, 3.05) is 11.9 Å². The quantitative estimate of drug-likeness (QED) is 0.775. The van der Waals surface area contributed by atoms with Crippen LogP contribution in [0.2, 0.25) is 0 Å². The van der Waals surface area contributed by atoms with E-state index in [-0.39, 0.29) is 24.1 Å². The zero-order valence-electron chi connectivity index (χ0n) is 15.2. The van der Waals surface area contributed by atoms with Crippen LogP contribution in [-0.4, -0.2) is 43.5 Å². The predicted molar refractivity (Wildman–Crippen MR) is 96.2 cm³/mol. The fourth-order valence-electron chi connectivity index (χ4n) is 3.63. The molecule has 0 aromatic carbocycles. The van der Waals surface area contributed by atoms with Gasteiger partial charge in [-0.15, -0.1) is 5.10 Å². The van der Waals surface area contributed by atoms with Crippen LogP contribution in [0, 0.1) is 11.3 Å². The SMILES string of the molecule is CC(C)(C)C(CO)NC(=O)Nc1nn(-c2cnccn2)c2c1CC1CC21. The van der Waals surface area contributed by atoms with Crippen molar-refractivity contribution < 1.29 is 9.90 Å². The Balaban J connectivity index is 1.58. The maximum absolute atomic E-state index is 12.5. The summed E-state index contributed by atoms with van der Waals surface area (Å²) in [6, 6.07) is -0.697. The van der Waals surface area contributed by atoms with Crippen LogP contribution in [0.1, 0.15) is 44.4 Å². The van der Waals surface area contributed by atoms with Crippen LogP contribution >= 0.6 is 0 Å². The maximum Gasteiger partial charge on any atom is 0.320 e. The normalized spacial score (nSPS) is 21.7. The second kappa shape index (κ2) is 6.05. The number of hydrogen-bond donors (Lipinski definition) is 3. The van der Waals surface area contributed by atoms with Gasteiger partial charge in [0.1, 0.15) is 0 Å². The first kappa shape index (κ1) is 17.0. The average molecular weight is 356 g/mol. The van der Waals surface area contributed by atoms with Crippen molar-refractivity contribution >= 4 is 11.8 Å². The molecule has 0 bridgehead atoms. The van der Waals surface area contributed by atoms with Crippen LogP contribution in [0.15, 0.2) is 18.6 Å². The molecule has 8 nitrogen and oxygen atoms in total. The van der Waals surface area contributed by atoms with Crippen LogP contribution in [0.3, 0.4) is 0 Å². The van der Waals surface area contributed by atoms with Crippen LogP contribution in [0.25, 0.3) is 5.82 Å². The molecule has 2 aromatic heterocycles. The molecule has 2 aliphatic carbocycles. The molecule has 8 heteroatoms. The fourth-order valence-corrected chi connectivity index (χ4v) is 3.63. The third-order valence-electron chi connectivity index (χ3n) is 5.30. The van der Waals surface area contributed by atoms with E-state index in [1.54, 1.807) is 18.6 Å². The first-order valence-electron chi connectivity index (χ1n) is 8.95. The van der Waals surface area contributed by atoms with Gasteiger partial charge in [0.2, 0.25) is 0 Å². The molecule has 2 heterocycles. The van der Waals surface area contributed by atoms with Gasteiger partial charge in [0.15, 0.2) is 11.6 Å². The van der Waals surface area contributed by atoms with E-state index in [1.165, 1.54) is 6.42 Å². The minimum Gasteiger partial charge on any atom is -0.394 e. The molecule has 3 unspecified atom stereocenters. The van der Waals surface area contributed by atoms with Gasteiger partial charge in [0, 0.05) is 23.9 Å². The van der Waals surface area contributed by atoms with Crippen molar-refractivity contribution in [1.29, 1.82) is 0 Å². The minimum atomic E-state index is -0.355. The summed E-state index contributed by atoms with van der Waals surface area (Å²) in [6.45, 7) is 5.81. The number of aliphatic hydroxyl groups excluding tert-OH is 1. The molecule has 138 valence electrons. The van der Waals surface area contributed by atoms with Crippen molar-refractivity contribution in [3.8, 4) is 5.82 Å². The molecule has 0 saturated heterocycles. The molecular formula is C18H24N6O2. The highest BCUT2D eigenvalue weighted by Gasteiger charge is 2.49. The standard InChI is InChI=1S/C18H24N6O2/c1-18(2,3)13(9-25)21-17(26)22-16-12-7-10-6-11(10)15(12)24(23-16)14-8-19-4-5-20-14/h4-5,8,10-11,13,25H,6-7,9H2,1-3H3,(H2,21,22,23,26). The topological polar surface area (TPSA) is 105 Å². The van der Waals surface area contributed by atoms with Gasteiger partial charge in [-0.25, -0.2) is 14.5 Å². The van der Waals surface area contributed by atoms with Gasteiger partial charge in [-0.3, -0.25) is 10.3 Å². The number of carbonyl (C=O) groups is 1. The number of amides is 2. The van der Waals surface area contributed by atoms with E-state index in [2.05, 4.69) is 25.7 Å². The van der Waals surface area contributed by atoms with Crippen molar-refractivity contribution in [2.24, 2.45) is 11.3 Å². The highest BCUT2D eigenvalue weighted by Crippen LogP contribution is 2.58. The van der Waals surface area contributed by atoms with Crippen LogP contribution in [0.5, 0.6) is 0 Å². The number of hydrogen-bond acceptors (Lipinski definition) is 5. The Morgan fingerprint density at radius 3 is 2.88 bits per heavy atom. The molecule has 4 rings (SSSR count). The number of nitrogens with zero attached hydrogens (tertiary/aromatic N) is 4. The first-order chi connectivity index (χ1) is 12.4. The number of aromatic nitrogens is 4. The van der Waals surface area contributed by atoms with E-state index < -0.39 is 0 Å². The van der Waals surface area contributed by atoms with Gasteiger partial charge in [0.25, 0.3) is 0 Å². The Kier molecular flexibility index (Phi) is 3.95. The number of nitrogens with one attached hydrogen (secondary N) is 2. The second-order valence-corrected chi connectivity index (χ2v) is 8.19. The van der Waals surface area contributed by atoms with Crippen LogP contribution in [0.4, 0.5) is 10.6 Å². The summed E-state index contributed by atoms with van der Waals surface area (Å²) in [5.74, 6) is 2.38. The lowest BCUT2D eigenvalue weighted by Crippen LogP contribution is -2.47. The van der Waals surface area contributed by atoms with E-state index in [4.69, 9.17) is 0 Å². The van der Waals surface area contributed by atoms with E-state index in [0.717, 1.165) is 17.7 Å². The van der Waals surface area contributed by atoms with Crippen LogP contribution in [-0.2, 0) is 6.42 Å². The monoisotopic (exact) mass is 356 g/mol. The van der Waals surface area contributed by atoms with Gasteiger partial charge in [-0.2, -0.15) is 0 Å². The zero-order valence-corrected chi connectivity index (χ0v) is 15.2. The Labute approximate surface area is 152 Å². The molecule has 2 aliphatic rings. The van der Waals surface area contributed by atoms with E-state index in [9.17, 15) is 9.90 Å². The largest absolute Gasteiger partial charge is 0.394 e. The van der Waals surface area contributed by atoms with Crippen molar-refractivity contribution in [2.45, 2.75) is 45.6 Å². The summed E-state index contributed by atoms with van der Waals surface area (Å²) in [7, 11) is 0. The number of aliphatic hydroxyl groups is 1. The highest BCUT2D eigenvalue weighted by molar-refractivity contribution is 5.89. The molecule has 3 atom stereocenters. The number of fused-ring (bicyclic) bond motifs is 3. The fraction of sp³-hybridized carbons (Fsp3) is 0.556. The van der Waals surface area contributed by atoms with E-state index >= 15 is 0 Å². The predicted octanol–water partition coefficient (Wildman–Crippen LogP) is 1.85. The molecule has 26 heavy (non-hydrogen) atoms. The molecule has 2 aromatic rings. The van der Waals surface area contributed by atoms with Crippen molar-refractivity contribution in [3.63, 3.8) is 0 Å². The van der Waals surface area contributed by atoms with E-state index in [1.807, 2.05) is 25.5 Å². The Hall–Kier alpha value is -2.48. The van der Waals surface area contributed by atoms with Gasteiger partial charge in [0.05, 0.1) is 24.5 Å².